The van der Waals surface area contributed by atoms with Crippen LogP contribution in [0.4, 0.5) is 0 Å². The molecule has 0 spiro atoms. The molecule has 0 bridgehead atoms. The van der Waals surface area contributed by atoms with Gasteiger partial charge in [-0.1, -0.05) is 48.0 Å². The van der Waals surface area contributed by atoms with E-state index in [1.54, 1.807) is 30.5 Å². The summed E-state index contributed by atoms with van der Waals surface area (Å²) in [6.45, 7) is 2.37. The Morgan fingerprint density at radius 2 is 1.80 bits per heavy atom. The third-order valence-electron chi connectivity index (χ3n) is 4.64. The molecule has 1 aromatic heterocycles. The van der Waals surface area contributed by atoms with Crippen LogP contribution in [0.3, 0.4) is 0 Å². The van der Waals surface area contributed by atoms with Gasteiger partial charge in [0.05, 0.1) is 11.1 Å². The normalized spacial score (nSPS) is 11.8. The molecule has 1 heterocycles. The van der Waals surface area contributed by atoms with Gasteiger partial charge in [0.15, 0.2) is 0 Å². The van der Waals surface area contributed by atoms with Gasteiger partial charge in [0, 0.05) is 22.7 Å². The highest BCUT2D eigenvalue weighted by molar-refractivity contribution is 7.89. The van der Waals surface area contributed by atoms with Crippen molar-refractivity contribution in [2.45, 2.75) is 18.4 Å². The molecule has 152 valence electrons. The summed E-state index contributed by atoms with van der Waals surface area (Å²) in [6.07, 6.45) is 3.25. The van der Waals surface area contributed by atoms with Crippen molar-refractivity contribution in [2.24, 2.45) is 5.10 Å². The predicted octanol–water partition coefficient (Wildman–Crippen LogP) is 4.37. The van der Waals surface area contributed by atoms with Crippen LogP contribution in [0.15, 0.2) is 89.0 Å². The fraction of sp³-hybridized carbons (Fsp3) is 0.0870. The van der Waals surface area contributed by atoms with E-state index < -0.39 is 10.0 Å². The highest BCUT2D eigenvalue weighted by atomic mass is 32.2. The molecule has 0 aliphatic heterocycles. The van der Waals surface area contributed by atoms with Gasteiger partial charge in [0.25, 0.3) is 10.0 Å². The first-order valence-corrected chi connectivity index (χ1v) is 10.9. The number of hydrazone groups is 1. The molecule has 0 amide bonds. The number of benzene rings is 3. The average molecular weight is 420 g/mol. The Bertz CT molecular complexity index is 1280. The van der Waals surface area contributed by atoms with Crippen LogP contribution in [-0.4, -0.2) is 19.6 Å². The predicted molar refractivity (Wildman–Crippen MR) is 118 cm³/mol. The fourth-order valence-electron chi connectivity index (χ4n) is 2.99. The largest absolute Gasteiger partial charge is 0.489 e. The smallest absolute Gasteiger partial charge is 0.276 e. The number of aryl methyl sites for hydroxylation is 1. The Kier molecular flexibility index (Phi) is 5.54. The lowest BCUT2D eigenvalue weighted by Crippen LogP contribution is -2.18. The maximum absolute atomic E-state index is 12.4. The number of hydrogen-bond donors (Lipinski definition) is 2. The molecule has 0 atom stereocenters. The molecule has 0 unspecified atom stereocenters. The number of aromatic nitrogens is 1. The van der Waals surface area contributed by atoms with E-state index in [0.29, 0.717) is 6.61 Å². The molecule has 2 N–H and O–H groups in total. The van der Waals surface area contributed by atoms with Gasteiger partial charge >= 0.3 is 0 Å². The lowest BCUT2D eigenvalue weighted by atomic mass is 10.2. The minimum absolute atomic E-state index is 0.167. The first-order chi connectivity index (χ1) is 14.5. The second-order valence-corrected chi connectivity index (χ2v) is 8.55. The summed E-state index contributed by atoms with van der Waals surface area (Å²) in [5.74, 6) is 0.723. The van der Waals surface area contributed by atoms with Gasteiger partial charge < -0.3 is 9.72 Å². The van der Waals surface area contributed by atoms with Crippen molar-refractivity contribution in [3.63, 3.8) is 0 Å². The highest BCUT2D eigenvalue weighted by Crippen LogP contribution is 2.23. The van der Waals surface area contributed by atoms with Crippen LogP contribution >= 0.6 is 0 Å². The number of sulfonamides is 1. The summed E-state index contributed by atoms with van der Waals surface area (Å²) in [5, 5.41) is 4.82. The van der Waals surface area contributed by atoms with Gasteiger partial charge in [-0.3, -0.25) is 0 Å². The number of H-pyrrole nitrogens is 1. The zero-order chi connectivity index (χ0) is 21.0. The number of rotatable bonds is 7. The molecule has 0 aliphatic rings. The van der Waals surface area contributed by atoms with Crippen molar-refractivity contribution in [3.05, 3.63) is 95.7 Å². The number of ether oxygens (including phenoxy) is 1. The van der Waals surface area contributed by atoms with E-state index in [4.69, 9.17) is 4.74 Å². The maximum atomic E-state index is 12.4. The van der Waals surface area contributed by atoms with E-state index >= 15 is 0 Å². The Hall–Kier alpha value is -3.58. The Morgan fingerprint density at radius 1 is 1.03 bits per heavy atom. The molecule has 0 aliphatic carbocycles. The standard InChI is InChI=1S/C23H21N3O3S/c1-17-7-10-21(11-8-17)30(27,28)26-25-15-19-14-24-23-12-9-20(13-22(19)23)29-16-18-5-3-2-4-6-18/h2-15,24,26H,16H2,1H3/b25-15-. The molecule has 6 nitrogen and oxygen atoms in total. The minimum Gasteiger partial charge on any atom is -0.489 e. The Balaban J connectivity index is 1.49. The molecular weight excluding hydrogens is 398 g/mol. The Labute approximate surface area is 175 Å². The molecule has 30 heavy (non-hydrogen) atoms. The van der Waals surface area contributed by atoms with Crippen molar-refractivity contribution in [2.75, 3.05) is 0 Å². The summed E-state index contributed by atoms with van der Waals surface area (Å²) < 4.78 is 30.6. The summed E-state index contributed by atoms with van der Waals surface area (Å²) in [7, 11) is -3.71. The second kappa shape index (κ2) is 8.42. The zero-order valence-electron chi connectivity index (χ0n) is 16.4. The first kappa shape index (κ1) is 19.7. The van der Waals surface area contributed by atoms with Crippen LogP contribution in [0.5, 0.6) is 5.75 Å². The van der Waals surface area contributed by atoms with E-state index in [-0.39, 0.29) is 4.90 Å². The highest BCUT2D eigenvalue weighted by Gasteiger charge is 2.12. The molecular formula is C23H21N3O3S. The van der Waals surface area contributed by atoms with Gasteiger partial charge in [-0.05, 0) is 42.8 Å². The van der Waals surface area contributed by atoms with Gasteiger partial charge in [0.2, 0.25) is 0 Å². The van der Waals surface area contributed by atoms with Gasteiger partial charge in [0.1, 0.15) is 12.4 Å². The van der Waals surface area contributed by atoms with Crippen molar-refractivity contribution >= 4 is 27.1 Å². The quantitative estimate of drug-likeness (QED) is 0.345. The molecule has 0 fully saturated rings. The zero-order valence-corrected chi connectivity index (χ0v) is 17.2. The number of aromatic amines is 1. The molecule has 4 aromatic rings. The van der Waals surface area contributed by atoms with Crippen molar-refractivity contribution in [1.29, 1.82) is 0 Å². The summed E-state index contributed by atoms with van der Waals surface area (Å²) in [5.41, 5.74) is 3.73. The topological polar surface area (TPSA) is 83.5 Å². The molecule has 7 heteroatoms. The van der Waals surface area contributed by atoms with Crippen LogP contribution < -0.4 is 9.57 Å². The van der Waals surface area contributed by atoms with Gasteiger partial charge in [-0.25, -0.2) is 4.83 Å². The third-order valence-corrected chi connectivity index (χ3v) is 5.88. The van der Waals surface area contributed by atoms with Crippen LogP contribution in [0, 0.1) is 6.92 Å². The number of fused-ring (bicyclic) bond motifs is 1. The molecule has 0 radical (unpaired) electrons. The number of hydrogen-bond acceptors (Lipinski definition) is 4. The van der Waals surface area contributed by atoms with E-state index in [0.717, 1.165) is 33.3 Å². The summed E-state index contributed by atoms with van der Waals surface area (Å²) >= 11 is 0. The molecule has 3 aromatic carbocycles. The maximum Gasteiger partial charge on any atom is 0.276 e. The number of nitrogens with one attached hydrogen (secondary N) is 2. The molecule has 0 saturated heterocycles. The molecule has 0 saturated carbocycles. The van der Waals surface area contributed by atoms with Gasteiger partial charge in [-0.2, -0.15) is 13.5 Å². The van der Waals surface area contributed by atoms with Crippen LogP contribution in [0.2, 0.25) is 0 Å². The van der Waals surface area contributed by atoms with Crippen molar-refractivity contribution in [1.82, 2.24) is 9.82 Å². The summed E-state index contributed by atoms with van der Waals surface area (Å²) in [4.78, 5) is 5.57. The third kappa shape index (κ3) is 4.52. The van der Waals surface area contributed by atoms with E-state index in [1.165, 1.54) is 6.21 Å². The van der Waals surface area contributed by atoms with Crippen molar-refractivity contribution in [3.8, 4) is 5.75 Å². The van der Waals surface area contributed by atoms with E-state index in [9.17, 15) is 8.42 Å². The van der Waals surface area contributed by atoms with E-state index in [2.05, 4.69) is 14.9 Å². The second-order valence-electron chi connectivity index (χ2n) is 6.89. The molecule has 4 rings (SSSR count). The van der Waals surface area contributed by atoms with Crippen LogP contribution in [0.1, 0.15) is 16.7 Å². The fourth-order valence-corrected chi connectivity index (χ4v) is 3.79. The lowest BCUT2D eigenvalue weighted by Gasteiger charge is -2.06. The summed E-state index contributed by atoms with van der Waals surface area (Å²) in [6, 6.07) is 22.2. The average Bonchev–Trinajstić information content (AvgIpc) is 3.15. The van der Waals surface area contributed by atoms with Crippen molar-refractivity contribution < 1.29 is 13.2 Å². The minimum atomic E-state index is -3.71. The monoisotopic (exact) mass is 419 g/mol. The lowest BCUT2D eigenvalue weighted by molar-refractivity contribution is 0.306. The first-order valence-electron chi connectivity index (χ1n) is 9.41. The Morgan fingerprint density at radius 3 is 2.57 bits per heavy atom. The van der Waals surface area contributed by atoms with Crippen LogP contribution in [-0.2, 0) is 16.6 Å². The van der Waals surface area contributed by atoms with E-state index in [1.807, 2.05) is 55.5 Å². The SMILES string of the molecule is Cc1ccc(S(=O)(=O)N/N=C\c2c[nH]c3ccc(OCc4ccccc4)cc23)cc1. The number of nitrogens with zero attached hydrogens (tertiary/aromatic N) is 1. The van der Waals surface area contributed by atoms with Gasteiger partial charge in [-0.15, -0.1) is 0 Å². The van der Waals surface area contributed by atoms with Crippen LogP contribution in [0.25, 0.3) is 10.9 Å².